The monoisotopic (exact) mass is 269 g/mol. The van der Waals surface area contributed by atoms with Gasteiger partial charge in [0.05, 0.1) is 0 Å². The highest BCUT2D eigenvalue weighted by atomic mass is 16.3. The second-order valence-corrected chi connectivity index (χ2v) is 5.41. The van der Waals surface area contributed by atoms with Crippen LogP contribution in [0.2, 0.25) is 0 Å². The van der Waals surface area contributed by atoms with Crippen LogP contribution in [-0.4, -0.2) is 11.7 Å². The van der Waals surface area contributed by atoms with Crippen LogP contribution in [0.4, 0.5) is 0 Å². The molecule has 2 aromatic carbocycles. The van der Waals surface area contributed by atoms with Gasteiger partial charge in [-0.2, -0.15) is 0 Å². The molecule has 0 spiro atoms. The summed E-state index contributed by atoms with van der Waals surface area (Å²) in [5.74, 6) is 0.376. The van der Waals surface area contributed by atoms with Crippen LogP contribution in [0.5, 0.6) is 5.75 Å². The molecule has 0 aliphatic carbocycles. The summed E-state index contributed by atoms with van der Waals surface area (Å²) in [4.78, 5) is 0. The van der Waals surface area contributed by atoms with Gasteiger partial charge in [0, 0.05) is 11.6 Å². The molecule has 0 bridgehead atoms. The molecule has 2 N–H and O–H groups in total. The number of phenolic OH excluding ortho intramolecular Hbond substituents is 1. The lowest BCUT2D eigenvalue weighted by molar-refractivity contribution is 0.452. The van der Waals surface area contributed by atoms with E-state index in [2.05, 4.69) is 43.4 Å². The van der Waals surface area contributed by atoms with Crippen LogP contribution >= 0.6 is 0 Å². The van der Waals surface area contributed by atoms with Gasteiger partial charge in [0.2, 0.25) is 0 Å². The van der Waals surface area contributed by atoms with Crippen LogP contribution in [0.25, 0.3) is 0 Å². The maximum Gasteiger partial charge on any atom is 0.120 e. The highest BCUT2D eigenvalue weighted by Crippen LogP contribution is 2.24. The molecule has 0 saturated carbocycles. The van der Waals surface area contributed by atoms with Crippen LogP contribution in [0.1, 0.15) is 35.2 Å². The van der Waals surface area contributed by atoms with Gasteiger partial charge in [0.1, 0.15) is 5.75 Å². The summed E-state index contributed by atoms with van der Waals surface area (Å²) in [6.45, 7) is 7.12. The van der Waals surface area contributed by atoms with E-state index in [9.17, 15) is 5.11 Å². The van der Waals surface area contributed by atoms with Crippen LogP contribution in [0.15, 0.2) is 42.5 Å². The first-order valence-corrected chi connectivity index (χ1v) is 7.15. The van der Waals surface area contributed by atoms with Gasteiger partial charge in [-0.15, -0.1) is 0 Å². The summed E-state index contributed by atoms with van der Waals surface area (Å²) in [7, 11) is 0. The smallest absolute Gasteiger partial charge is 0.120 e. The third-order valence-corrected chi connectivity index (χ3v) is 3.76. The van der Waals surface area contributed by atoms with E-state index in [0.29, 0.717) is 5.75 Å². The van der Waals surface area contributed by atoms with Gasteiger partial charge in [-0.3, -0.25) is 0 Å². The average Bonchev–Trinajstić information content (AvgIpc) is 2.40. The Morgan fingerprint density at radius 1 is 1.10 bits per heavy atom. The molecule has 2 rings (SSSR count). The first-order valence-electron chi connectivity index (χ1n) is 7.15. The van der Waals surface area contributed by atoms with Crippen molar-refractivity contribution in [1.82, 2.24) is 5.32 Å². The fourth-order valence-electron chi connectivity index (χ4n) is 2.44. The summed E-state index contributed by atoms with van der Waals surface area (Å²) in [5.41, 5.74) is 4.75. The van der Waals surface area contributed by atoms with Crippen LogP contribution in [0, 0.1) is 13.8 Å². The Hall–Kier alpha value is -1.80. The Morgan fingerprint density at radius 2 is 1.85 bits per heavy atom. The minimum Gasteiger partial charge on any atom is -0.508 e. The van der Waals surface area contributed by atoms with Crippen molar-refractivity contribution in [2.45, 2.75) is 33.2 Å². The van der Waals surface area contributed by atoms with Gasteiger partial charge in [-0.05, 0) is 56.5 Å². The van der Waals surface area contributed by atoms with Crippen LogP contribution < -0.4 is 5.32 Å². The molecule has 0 saturated heterocycles. The largest absolute Gasteiger partial charge is 0.508 e. The quantitative estimate of drug-likeness (QED) is 0.862. The van der Waals surface area contributed by atoms with E-state index in [1.165, 1.54) is 11.1 Å². The van der Waals surface area contributed by atoms with Gasteiger partial charge in [-0.1, -0.05) is 36.4 Å². The van der Waals surface area contributed by atoms with E-state index < -0.39 is 0 Å². The van der Waals surface area contributed by atoms with Crippen molar-refractivity contribution in [2.75, 3.05) is 6.54 Å². The first kappa shape index (κ1) is 14.6. The van der Waals surface area contributed by atoms with Gasteiger partial charge in [0.25, 0.3) is 0 Å². The van der Waals surface area contributed by atoms with Crippen molar-refractivity contribution in [3.8, 4) is 5.75 Å². The Bertz CT molecular complexity index is 577. The molecule has 0 heterocycles. The van der Waals surface area contributed by atoms with E-state index in [1.807, 2.05) is 25.1 Å². The van der Waals surface area contributed by atoms with Crippen LogP contribution in [-0.2, 0) is 6.42 Å². The summed E-state index contributed by atoms with van der Waals surface area (Å²) >= 11 is 0. The summed E-state index contributed by atoms with van der Waals surface area (Å²) in [6.07, 6.45) is 1.00. The first-order chi connectivity index (χ1) is 9.58. The van der Waals surface area contributed by atoms with Crippen LogP contribution in [0.3, 0.4) is 0 Å². The second-order valence-electron chi connectivity index (χ2n) is 5.41. The van der Waals surface area contributed by atoms with E-state index in [0.717, 1.165) is 24.1 Å². The molecule has 0 radical (unpaired) electrons. The zero-order valence-electron chi connectivity index (χ0n) is 12.5. The van der Waals surface area contributed by atoms with Gasteiger partial charge in [-0.25, -0.2) is 0 Å². The third kappa shape index (κ3) is 3.61. The summed E-state index contributed by atoms with van der Waals surface area (Å²) in [6, 6.07) is 14.5. The van der Waals surface area contributed by atoms with Crippen molar-refractivity contribution >= 4 is 0 Å². The van der Waals surface area contributed by atoms with E-state index >= 15 is 0 Å². The number of aryl methyl sites for hydroxylation is 2. The zero-order chi connectivity index (χ0) is 14.5. The maximum atomic E-state index is 9.98. The fourth-order valence-corrected chi connectivity index (χ4v) is 2.44. The molecule has 0 amide bonds. The van der Waals surface area contributed by atoms with Gasteiger partial charge < -0.3 is 10.4 Å². The topological polar surface area (TPSA) is 32.3 Å². The predicted octanol–water partition coefficient (Wildman–Crippen LogP) is 3.90. The van der Waals surface area contributed by atoms with Gasteiger partial charge in [0.15, 0.2) is 0 Å². The number of hydrogen-bond acceptors (Lipinski definition) is 2. The number of aromatic hydroxyl groups is 1. The third-order valence-electron chi connectivity index (χ3n) is 3.76. The maximum absolute atomic E-state index is 9.98. The fraction of sp³-hybridized carbons (Fsp3) is 0.333. The Labute approximate surface area is 121 Å². The number of hydrogen-bond donors (Lipinski definition) is 2. The molecular formula is C18H23NO. The summed E-state index contributed by atoms with van der Waals surface area (Å²) < 4.78 is 0. The second kappa shape index (κ2) is 6.58. The van der Waals surface area contributed by atoms with Crippen molar-refractivity contribution in [3.05, 3.63) is 64.7 Å². The number of nitrogens with one attached hydrogen (secondary N) is 1. The number of rotatable bonds is 5. The molecule has 0 fully saturated rings. The lowest BCUT2D eigenvalue weighted by Crippen LogP contribution is -2.21. The molecule has 2 aromatic rings. The highest BCUT2D eigenvalue weighted by molar-refractivity contribution is 5.37. The number of benzene rings is 2. The molecule has 2 heteroatoms. The minimum atomic E-state index is 0.152. The molecule has 106 valence electrons. The van der Waals surface area contributed by atoms with E-state index in [4.69, 9.17) is 0 Å². The number of phenols is 1. The molecule has 1 atom stereocenters. The Balaban J connectivity index is 1.92. The predicted molar refractivity (Wildman–Crippen MR) is 84.1 cm³/mol. The highest BCUT2D eigenvalue weighted by Gasteiger charge is 2.09. The molecule has 0 aliphatic rings. The lowest BCUT2D eigenvalue weighted by atomic mass is 10.0. The summed E-state index contributed by atoms with van der Waals surface area (Å²) in [5, 5.41) is 13.5. The molecular weight excluding hydrogens is 246 g/mol. The molecule has 0 aliphatic heterocycles. The SMILES string of the molecule is Cc1ccc(C(C)NCCc2ccccc2C)c(O)c1. The van der Waals surface area contributed by atoms with Crippen molar-refractivity contribution < 1.29 is 5.11 Å². The molecule has 20 heavy (non-hydrogen) atoms. The van der Waals surface area contributed by atoms with E-state index in [1.54, 1.807) is 0 Å². The molecule has 0 aromatic heterocycles. The van der Waals surface area contributed by atoms with Crippen molar-refractivity contribution in [3.63, 3.8) is 0 Å². The Kier molecular flexibility index (Phi) is 4.80. The lowest BCUT2D eigenvalue weighted by Gasteiger charge is -2.16. The molecule has 2 nitrogen and oxygen atoms in total. The normalized spacial score (nSPS) is 12.3. The zero-order valence-corrected chi connectivity index (χ0v) is 12.5. The average molecular weight is 269 g/mol. The van der Waals surface area contributed by atoms with Crippen molar-refractivity contribution in [1.29, 1.82) is 0 Å². The van der Waals surface area contributed by atoms with E-state index in [-0.39, 0.29) is 6.04 Å². The standard InChI is InChI=1S/C18H23NO/c1-13-8-9-17(18(20)12-13)15(3)19-11-10-16-7-5-4-6-14(16)2/h4-9,12,15,19-20H,10-11H2,1-3H3. The molecule has 1 unspecified atom stereocenters. The minimum absolute atomic E-state index is 0.152. The van der Waals surface area contributed by atoms with Gasteiger partial charge >= 0.3 is 0 Å². The van der Waals surface area contributed by atoms with Crippen molar-refractivity contribution in [2.24, 2.45) is 0 Å². The Morgan fingerprint density at radius 3 is 2.55 bits per heavy atom.